The molecule has 4 heterocycles. The minimum atomic E-state index is -0.644. The van der Waals surface area contributed by atoms with Gasteiger partial charge in [0.2, 0.25) is 11.8 Å². The van der Waals surface area contributed by atoms with Crippen LogP contribution in [0.1, 0.15) is 88.8 Å². The average molecular weight is 667 g/mol. The minimum Gasteiger partial charge on any atom is -0.486 e. The number of rotatable bonds is 13. The first-order chi connectivity index (χ1) is 23.0. The summed E-state index contributed by atoms with van der Waals surface area (Å²) >= 11 is 0. The number of piperidine rings is 2. The number of aromatic nitrogens is 1. The monoisotopic (exact) mass is 666 g/mol. The van der Waals surface area contributed by atoms with Crippen LogP contribution in [0.5, 0.6) is 5.75 Å². The highest BCUT2D eigenvalue weighted by Crippen LogP contribution is 2.29. The van der Waals surface area contributed by atoms with Gasteiger partial charge in [0.05, 0.1) is 18.0 Å². The van der Waals surface area contributed by atoms with Crippen LogP contribution in [0.15, 0.2) is 29.0 Å². The number of oxazole rings is 1. The lowest BCUT2D eigenvalue weighted by Gasteiger charge is -2.41. The Kier molecular flexibility index (Phi) is 12.6. The smallest absolute Gasteiger partial charge is 0.227 e. The molecule has 2 aromatic rings. The first-order valence-electron chi connectivity index (χ1n) is 18.1. The molecule has 3 unspecified atom stereocenters. The van der Waals surface area contributed by atoms with Crippen LogP contribution in [0, 0.1) is 24.2 Å². The second-order valence-electron chi connectivity index (χ2n) is 15.2. The molecule has 2 fully saturated rings. The van der Waals surface area contributed by atoms with E-state index in [1.165, 1.54) is 17.5 Å². The molecule has 1 aromatic heterocycles. The molecule has 3 aliphatic rings. The molecule has 266 valence electrons. The predicted octanol–water partition coefficient (Wildman–Crippen LogP) is 3.77. The Morgan fingerprint density at radius 1 is 1.19 bits per heavy atom. The molecular weight excluding hydrogens is 608 g/mol. The maximum Gasteiger partial charge on any atom is 0.227 e. The highest BCUT2D eigenvalue weighted by molar-refractivity contribution is 5.81. The van der Waals surface area contributed by atoms with Gasteiger partial charge in [0.15, 0.2) is 12.2 Å². The third-order valence-electron chi connectivity index (χ3n) is 10.3. The fraction of sp³-hybridized carbons (Fsp3) is 0.703. The highest BCUT2D eigenvalue weighted by atomic mass is 16.5. The Balaban J connectivity index is 1.07. The number of aliphatic hydroxyl groups is 1. The summed E-state index contributed by atoms with van der Waals surface area (Å²) in [6.07, 6.45) is 7.51. The number of carbonyl (C=O) groups excluding carboxylic acids is 2. The zero-order valence-electron chi connectivity index (χ0n) is 29.7. The molecule has 0 radical (unpaired) electrons. The van der Waals surface area contributed by atoms with Crippen LogP contribution in [0.4, 0.5) is 0 Å². The van der Waals surface area contributed by atoms with Gasteiger partial charge in [0, 0.05) is 63.2 Å². The minimum absolute atomic E-state index is 0.0473. The number of benzene rings is 1. The number of unbranched alkanes of at least 4 members (excludes halogenated alkanes) is 1. The van der Waals surface area contributed by atoms with E-state index in [1.54, 1.807) is 0 Å². The van der Waals surface area contributed by atoms with Crippen molar-refractivity contribution in [3.63, 3.8) is 0 Å². The maximum atomic E-state index is 13.6. The van der Waals surface area contributed by atoms with Crippen molar-refractivity contribution >= 4 is 11.8 Å². The van der Waals surface area contributed by atoms with Gasteiger partial charge in [-0.3, -0.25) is 19.8 Å². The normalized spacial score (nSPS) is 23.0. The van der Waals surface area contributed by atoms with Crippen LogP contribution in [0.3, 0.4) is 0 Å². The van der Waals surface area contributed by atoms with E-state index in [4.69, 9.17) is 9.15 Å². The van der Waals surface area contributed by atoms with Gasteiger partial charge in [-0.25, -0.2) is 4.98 Å². The largest absolute Gasteiger partial charge is 0.486 e. The number of β-amino-alcohol motifs (C(OH)–C–C–N with tert-alkyl or cyclic N) is 1. The summed E-state index contributed by atoms with van der Waals surface area (Å²) < 4.78 is 11.3. The predicted molar refractivity (Wildman–Crippen MR) is 185 cm³/mol. The van der Waals surface area contributed by atoms with Gasteiger partial charge in [-0.15, -0.1) is 0 Å². The number of fused-ring (bicyclic) bond motifs is 1. The third-order valence-corrected chi connectivity index (χ3v) is 10.3. The van der Waals surface area contributed by atoms with Crippen molar-refractivity contribution in [3.05, 3.63) is 47.2 Å². The third kappa shape index (κ3) is 9.80. The number of hydrogen-bond acceptors (Lipinski definition) is 9. The molecule has 0 bridgehead atoms. The molecule has 11 nitrogen and oxygen atoms in total. The molecule has 4 N–H and O–H groups in total. The molecule has 1 aromatic carbocycles. The Morgan fingerprint density at radius 2 is 1.98 bits per heavy atom. The number of hydrogen-bond donors (Lipinski definition) is 4. The van der Waals surface area contributed by atoms with Crippen LogP contribution in [-0.2, 0) is 29.2 Å². The molecule has 3 aliphatic heterocycles. The van der Waals surface area contributed by atoms with Crippen molar-refractivity contribution in [2.24, 2.45) is 17.3 Å². The number of ether oxygens (including phenoxy) is 1. The molecule has 11 heteroatoms. The zero-order chi connectivity index (χ0) is 34.3. The second kappa shape index (κ2) is 16.6. The standard InChI is InChI=1S/C37H58N6O5/c1-6-7-8-27-19-38-34(41-29-12-15-43(16-13-29)36(46)37(3,4)5)18-32(27)35(45)39-20-30(44)22-42-14-11-26-17-31(10-9-28(26)21-42)47-23-33-25(2)40-24-48-33/h9-10,17,24,27,29-30,32,34,38,41,44H,6-8,11-16,18-23H2,1-5H3,(H,39,45)/t27?,30-,32?,34?/m0/s1. The van der Waals surface area contributed by atoms with Crippen LogP contribution in [-0.4, -0.2) is 89.3 Å². The van der Waals surface area contributed by atoms with E-state index >= 15 is 0 Å². The van der Waals surface area contributed by atoms with Gasteiger partial charge in [0.25, 0.3) is 0 Å². The Labute approximate surface area is 286 Å². The van der Waals surface area contributed by atoms with Crippen molar-refractivity contribution in [2.45, 2.75) is 111 Å². The molecule has 2 amide bonds. The van der Waals surface area contributed by atoms with Gasteiger partial charge in [-0.1, -0.05) is 46.6 Å². The molecule has 4 atom stereocenters. The van der Waals surface area contributed by atoms with E-state index in [1.807, 2.05) is 38.7 Å². The van der Waals surface area contributed by atoms with E-state index in [9.17, 15) is 14.7 Å². The van der Waals surface area contributed by atoms with E-state index in [0.717, 1.165) is 94.9 Å². The highest BCUT2D eigenvalue weighted by Gasteiger charge is 2.37. The van der Waals surface area contributed by atoms with Crippen LogP contribution >= 0.6 is 0 Å². The van der Waals surface area contributed by atoms with E-state index < -0.39 is 6.10 Å². The van der Waals surface area contributed by atoms with Crippen LogP contribution in [0.25, 0.3) is 0 Å². The van der Waals surface area contributed by atoms with Gasteiger partial charge in [-0.2, -0.15) is 0 Å². The van der Waals surface area contributed by atoms with E-state index in [0.29, 0.717) is 19.2 Å². The number of carbonyl (C=O) groups is 2. The summed E-state index contributed by atoms with van der Waals surface area (Å²) in [6, 6.07) is 6.51. The number of likely N-dealkylation sites (tertiary alicyclic amines) is 1. The average Bonchev–Trinajstić information content (AvgIpc) is 3.49. The Morgan fingerprint density at radius 3 is 2.69 bits per heavy atom. The summed E-state index contributed by atoms with van der Waals surface area (Å²) in [7, 11) is 0. The lowest BCUT2D eigenvalue weighted by Crippen LogP contribution is -2.58. The van der Waals surface area contributed by atoms with Gasteiger partial charge < -0.3 is 29.8 Å². The lowest BCUT2D eigenvalue weighted by molar-refractivity contribution is -0.140. The summed E-state index contributed by atoms with van der Waals surface area (Å²) in [6.45, 7) is 15.1. The number of nitrogens with one attached hydrogen (secondary N) is 3. The summed E-state index contributed by atoms with van der Waals surface area (Å²) in [5.41, 5.74) is 2.98. The molecular formula is C37H58N6O5. The van der Waals surface area contributed by atoms with Crippen molar-refractivity contribution in [2.75, 3.05) is 39.3 Å². The second-order valence-corrected chi connectivity index (χ2v) is 15.2. The van der Waals surface area contributed by atoms with Gasteiger partial charge >= 0.3 is 0 Å². The molecule has 2 saturated heterocycles. The zero-order valence-corrected chi connectivity index (χ0v) is 29.7. The molecule has 5 rings (SSSR count). The number of amides is 2. The van der Waals surface area contributed by atoms with Crippen molar-refractivity contribution in [3.8, 4) is 5.75 Å². The maximum absolute atomic E-state index is 13.6. The topological polar surface area (TPSA) is 132 Å². The SMILES string of the molecule is CCCCC1CNC(NC2CCN(C(=O)C(C)(C)C)CC2)CC1C(=O)NC[C@H](O)CN1CCc2cc(OCc3ocnc3C)ccc2C1. The summed E-state index contributed by atoms with van der Waals surface area (Å²) in [4.78, 5) is 34.7. The fourth-order valence-corrected chi connectivity index (χ4v) is 7.35. The van der Waals surface area contributed by atoms with Crippen molar-refractivity contribution in [1.29, 1.82) is 0 Å². The number of aryl methyl sites for hydroxylation is 1. The van der Waals surface area contributed by atoms with Crippen molar-refractivity contribution < 1.29 is 23.8 Å². The molecule has 0 saturated carbocycles. The molecule has 0 aliphatic carbocycles. The molecule has 48 heavy (non-hydrogen) atoms. The van der Waals surface area contributed by atoms with Crippen LogP contribution in [0.2, 0.25) is 0 Å². The van der Waals surface area contributed by atoms with Crippen LogP contribution < -0.4 is 20.7 Å². The lowest BCUT2D eigenvalue weighted by atomic mass is 9.81. The first-order valence-corrected chi connectivity index (χ1v) is 18.1. The number of nitrogens with zero attached hydrogens (tertiary/aromatic N) is 3. The van der Waals surface area contributed by atoms with Crippen molar-refractivity contribution in [1.82, 2.24) is 30.7 Å². The number of aliphatic hydroxyl groups excluding tert-OH is 1. The van der Waals surface area contributed by atoms with E-state index in [-0.39, 0.29) is 41.8 Å². The van der Waals surface area contributed by atoms with Gasteiger partial charge in [0.1, 0.15) is 12.4 Å². The quantitative estimate of drug-likeness (QED) is 0.252. The fourth-order valence-electron chi connectivity index (χ4n) is 7.35. The van der Waals surface area contributed by atoms with E-state index in [2.05, 4.69) is 44.9 Å². The summed E-state index contributed by atoms with van der Waals surface area (Å²) in [5, 5.41) is 21.5. The molecule has 0 spiro atoms. The van der Waals surface area contributed by atoms with Gasteiger partial charge in [-0.05, 0) is 68.2 Å². The Hall–Kier alpha value is -2.99. The first kappa shape index (κ1) is 36.3. The summed E-state index contributed by atoms with van der Waals surface area (Å²) in [5.74, 6) is 1.98. The Bertz CT molecular complexity index is 1350.